The lowest BCUT2D eigenvalue weighted by Crippen LogP contribution is -1.98. The molecule has 0 amide bonds. The molecule has 60 valence electrons. The number of hydrogen-bond donors (Lipinski definition) is 2. The van der Waals surface area contributed by atoms with Gasteiger partial charge in [-0.15, -0.1) is 0 Å². The third-order valence-electron chi connectivity index (χ3n) is 1.97. The minimum absolute atomic E-state index is 0.847. The highest BCUT2D eigenvalue weighted by molar-refractivity contribution is 5.66. The van der Waals surface area contributed by atoms with Crippen molar-refractivity contribution in [2.24, 2.45) is 0 Å². The third-order valence-corrected chi connectivity index (χ3v) is 1.97. The van der Waals surface area contributed by atoms with Gasteiger partial charge in [-0.2, -0.15) is 0 Å². The van der Waals surface area contributed by atoms with Gasteiger partial charge in [0.2, 0.25) is 0 Å². The van der Waals surface area contributed by atoms with E-state index in [0.29, 0.717) is 0 Å². The van der Waals surface area contributed by atoms with Gasteiger partial charge in [0.05, 0.1) is 0 Å². The van der Waals surface area contributed by atoms with E-state index in [1.54, 1.807) is 0 Å². The van der Waals surface area contributed by atoms with Crippen LogP contribution >= 0.6 is 0 Å². The van der Waals surface area contributed by atoms with E-state index in [1.807, 2.05) is 26.1 Å². The molecule has 3 N–H and O–H groups in total. The molecule has 0 unspecified atom stereocenters. The zero-order valence-corrected chi connectivity index (χ0v) is 7.23. The summed E-state index contributed by atoms with van der Waals surface area (Å²) in [6.07, 6.45) is 0. The van der Waals surface area contributed by atoms with Crippen molar-refractivity contribution in [1.29, 1.82) is 0 Å². The molecule has 0 atom stereocenters. The molecule has 1 aromatic carbocycles. The molecule has 1 rings (SSSR count). The van der Waals surface area contributed by atoms with Crippen LogP contribution in [0, 0.1) is 13.8 Å². The van der Waals surface area contributed by atoms with Gasteiger partial charge in [-0.1, -0.05) is 6.07 Å². The summed E-state index contributed by atoms with van der Waals surface area (Å²) in [6.45, 7) is 4.09. The van der Waals surface area contributed by atoms with E-state index in [-0.39, 0.29) is 0 Å². The smallest absolute Gasteiger partial charge is 0.0417 e. The van der Waals surface area contributed by atoms with Gasteiger partial charge in [-0.3, -0.25) is 0 Å². The lowest BCUT2D eigenvalue weighted by molar-refractivity contribution is 1.34. The fraction of sp³-hybridized carbons (Fsp3) is 0.333. The number of nitrogens with two attached hydrogens (primary N) is 1. The molecular formula is C9H14N2. The maximum Gasteiger partial charge on any atom is 0.0417 e. The fourth-order valence-electron chi connectivity index (χ4n) is 1.25. The normalized spacial score (nSPS) is 9.73. The minimum Gasteiger partial charge on any atom is -0.398 e. The zero-order chi connectivity index (χ0) is 8.43. The number of aryl methyl sites for hydroxylation is 1. The molecule has 0 saturated carbocycles. The standard InChI is InChI=1S/C9H14N2/c1-6-4-5-8(10)7(2)9(6)11-3/h4-5,11H,10H2,1-3H3. The average molecular weight is 150 g/mol. The van der Waals surface area contributed by atoms with Gasteiger partial charge < -0.3 is 11.1 Å². The second-order valence-electron chi connectivity index (χ2n) is 2.72. The predicted molar refractivity (Wildman–Crippen MR) is 49.9 cm³/mol. The summed E-state index contributed by atoms with van der Waals surface area (Å²) < 4.78 is 0. The molecular weight excluding hydrogens is 136 g/mol. The summed E-state index contributed by atoms with van der Waals surface area (Å²) in [5.74, 6) is 0. The zero-order valence-electron chi connectivity index (χ0n) is 7.23. The maximum atomic E-state index is 5.73. The van der Waals surface area contributed by atoms with Crippen LogP contribution in [0.5, 0.6) is 0 Å². The van der Waals surface area contributed by atoms with Gasteiger partial charge in [0.25, 0.3) is 0 Å². The molecule has 0 bridgehead atoms. The van der Waals surface area contributed by atoms with Crippen LogP contribution in [0.25, 0.3) is 0 Å². The highest BCUT2D eigenvalue weighted by Gasteiger charge is 2.01. The Hall–Kier alpha value is -1.18. The van der Waals surface area contributed by atoms with E-state index in [4.69, 9.17) is 5.73 Å². The van der Waals surface area contributed by atoms with Crippen molar-refractivity contribution in [3.05, 3.63) is 23.3 Å². The van der Waals surface area contributed by atoms with Gasteiger partial charge in [0.1, 0.15) is 0 Å². The van der Waals surface area contributed by atoms with Crippen LogP contribution in [0.15, 0.2) is 12.1 Å². The van der Waals surface area contributed by atoms with Crippen molar-refractivity contribution < 1.29 is 0 Å². The van der Waals surface area contributed by atoms with Crippen LogP contribution in [0.3, 0.4) is 0 Å². The first-order valence-electron chi connectivity index (χ1n) is 3.70. The molecule has 0 spiro atoms. The summed E-state index contributed by atoms with van der Waals surface area (Å²) in [5, 5.41) is 3.12. The van der Waals surface area contributed by atoms with Crippen LogP contribution in [-0.4, -0.2) is 7.05 Å². The van der Waals surface area contributed by atoms with Crippen LogP contribution in [0.1, 0.15) is 11.1 Å². The highest BCUT2D eigenvalue weighted by atomic mass is 14.8. The Balaban J connectivity index is 3.29. The largest absolute Gasteiger partial charge is 0.398 e. The monoisotopic (exact) mass is 150 g/mol. The first-order valence-corrected chi connectivity index (χ1v) is 3.70. The van der Waals surface area contributed by atoms with Crippen molar-refractivity contribution >= 4 is 11.4 Å². The molecule has 0 aliphatic rings. The molecule has 0 saturated heterocycles. The number of hydrogen-bond acceptors (Lipinski definition) is 2. The summed E-state index contributed by atoms with van der Waals surface area (Å²) in [5.41, 5.74) is 10.1. The average Bonchev–Trinajstić information content (AvgIpc) is 1.99. The maximum absolute atomic E-state index is 5.73. The van der Waals surface area contributed by atoms with Crippen LogP contribution < -0.4 is 11.1 Å². The van der Waals surface area contributed by atoms with Gasteiger partial charge >= 0.3 is 0 Å². The van der Waals surface area contributed by atoms with Gasteiger partial charge in [-0.05, 0) is 31.0 Å². The van der Waals surface area contributed by atoms with E-state index in [9.17, 15) is 0 Å². The Bertz CT molecular complexity index is 267. The van der Waals surface area contributed by atoms with E-state index in [0.717, 1.165) is 16.9 Å². The first-order chi connectivity index (χ1) is 5.16. The molecule has 2 heteroatoms. The highest BCUT2D eigenvalue weighted by Crippen LogP contribution is 2.24. The Morgan fingerprint density at radius 1 is 1.27 bits per heavy atom. The van der Waals surface area contributed by atoms with E-state index < -0.39 is 0 Å². The van der Waals surface area contributed by atoms with Crippen LogP contribution in [0.4, 0.5) is 11.4 Å². The van der Waals surface area contributed by atoms with Crippen LogP contribution in [0.2, 0.25) is 0 Å². The third kappa shape index (κ3) is 1.29. The number of nitrogen functional groups attached to an aromatic ring is 1. The Kier molecular flexibility index (Phi) is 2.03. The Morgan fingerprint density at radius 3 is 2.36 bits per heavy atom. The fourth-order valence-corrected chi connectivity index (χ4v) is 1.25. The van der Waals surface area contributed by atoms with Crippen molar-refractivity contribution in [3.63, 3.8) is 0 Å². The lowest BCUT2D eigenvalue weighted by Gasteiger charge is -2.10. The summed E-state index contributed by atoms with van der Waals surface area (Å²) in [4.78, 5) is 0. The molecule has 0 fully saturated rings. The van der Waals surface area contributed by atoms with Gasteiger partial charge in [0, 0.05) is 18.4 Å². The predicted octanol–water partition coefficient (Wildman–Crippen LogP) is 1.93. The summed E-state index contributed by atoms with van der Waals surface area (Å²) in [6, 6.07) is 3.96. The van der Waals surface area contributed by atoms with Crippen molar-refractivity contribution in [1.82, 2.24) is 0 Å². The molecule has 0 aliphatic carbocycles. The quantitative estimate of drug-likeness (QED) is 0.600. The van der Waals surface area contributed by atoms with E-state index in [1.165, 1.54) is 5.56 Å². The van der Waals surface area contributed by atoms with E-state index in [2.05, 4.69) is 12.2 Å². The molecule has 11 heavy (non-hydrogen) atoms. The van der Waals surface area contributed by atoms with Gasteiger partial charge in [0.15, 0.2) is 0 Å². The summed E-state index contributed by atoms with van der Waals surface area (Å²) >= 11 is 0. The van der Waals surface area contributed by atoms with Gasteiger partial charge in [-0.25, -0.2) is 0 Å². The molecule has 2 nitrogen and oxygen atoms in total. The molecule has 0 aromatic heterocycles. The minimum atomic E-state index is 0.847. The van der Waals surface area contributed by atoms with Crippen molar-refractivity contribution in [2.45, 2.75) is 13.8 Å². The number of benzene rings is 1. The number of rotatable bonds is 1. The van der Waals surface area contributed by atoms with Crippen molar-refractivity contribution in [3.8, 4) is 0 Å². The molecule has 0 radical (unpaired) electrons. The SMILES string of the molecule is CNc1c(C)ccc(N)c1C. The second-order valence-corrected chi connectivity index (χ2v) is 2.72. The van der Waals surface area contributed by atoms with E-state index >= 15 is 0 Å². The van der Waals surface area contributed by atoms with Crippen molar-refractivity contribution in [2.75, 3.05) is 18.1 Å². The topological polar surface area (TPSA) is 38.0 Å². The second kappa shape index (κ2) is 2.82. The summed E-state index contributed by atoms with van der Waals surface area (Å²) in [7, 11) is 1.91. The molecule has 1 aromatic rings. The lowest BCUT2D eigenvalue weighted by atomic mass is 10.1. The molecule has 0 aliphatic heterocycles. The Labute approximate surface area is 67.4 Å². The number of anilines is 2. The Morgan fingerprint density at radius 2 is 1.91 bits per heavy atom. The number of nitrogens with one attached hydrogen (secondary N) is 1. The molecule has 0 heterocycles. The van der Waals surface area contributed by atoms with Crippen LogP contribution in [-0.2, 0) is 0 Å². The first kappa shape index (κ1) is 7.92.